The van der Waals surface area contributed by atoms with E-state index in [0.29, 0.717) is 25.1 Å². The van der Waals surface area contributed by atoms with Crippen LogP contribution in [0.4, 0.5) is 0 Å². The molecule has 2 aliphatic heterocycles. The van der Waals surface area contributed by atoms with Crippen molar-refractivity contribution in [2.75, 3.05) is 6.54 Å². The van der Waals surface area contributed by atoms with Crippen LogP contribution in [0.1, 0.15) is 24.0 Å². The smallest absolute Gasteiger partial charge is 0.177 e. The Balaban J connectivity index is 1.90. The third-order valence-corrected chi connectivity index (χ3v) is 6.13. The van der Waals surface area contributed by atoms with Crippen LogP contribution in [0, 0.1) is 0 Å². The highest BCUT2D eigenvalue weighted by atomic mass is 16.5. The van der Waals surface area contributed by atoms with Crippen molar-refractivity contribution in [1.29, 1.82) is 0 Å². The molecule has 1 saturated heterocycles. The van der Waals surface area contributed by atoms with Crippen molar-refractivity contribution in [1.82, 2.24) is 5.32 Å². The molecule has 1 saturated carbocycles. The molecule has 5 atom stereocenters. The molecule has 0 radical (unpaired) electrons. The van der Waals surface area contributed by atoms with Crippen LogP contribution >= 0.6 is 0 Å². The highest BCUT2D eigenvalue weighted by Crippen LogP contribution is 2.63. The number of Topliss-reactive ketones (excluding diaryl/α,β-unsaturated/α-hetero) is 1. The summed E-state index contributed by atoms with van der Waals surface area (Å²) in [7, 11) is 0. The summed E-state index contributed by atoms with van der Waals surface area (Å²) < 4.78 is 5.84. The molecule has 6 nitrogen and oxygen atoms in total. The van der Waals surface area contributed by atoms with Crippen LogP contribution < -0.4 is 10.1 Å². The number of phenolic OH excluding ortho intramolecular Hbond substituents is 1. The minimum absolute atomic E-state index is 0.0100. The van der Waals surface area contributed by atoms with E-state index in [2.05, 4.69) is 5.32 Å². The molecule has 4 N–H and O–H groups in total. The van der Waals surface area contributed by atoms with Crippen molar-refractivity contribution in [3.05, 3.63) is 23.3 Å². The van der Waals surface area contributed by atoms with Gasteiger partial charge in [0.05, 0.1) is 11.5 Å². The lowest BCUT2D eigenvalue weighted by Gasteiger charge is -2.61. The van der Waals surface area contributed by atoms with Crippen LogP contribution in [0.15, 0.2) is 12.1 Å². The lowest BCUT2D eigenvalue weighted by Crippen LogP contribution is -2.80. The molecule has 2 fully saturated rings. The SMILES string of the molecule is O=C1C[C@@H](O)[C@@]2(O)[C@H]3Cc4ccc(O)c5c4C2(CCN3)C1O5. The first kappa shape index (κ1) is 12.9. The fourth-order valence-corrected chi connectivity index (χ4v) is 5.29. The van der Waals surface area contributed by atoms with Gasteiger partial charge in [-0.2, -0.15) is 0 Å². The summed E-state index contributed by atoms with van der Waals surface area (Å²) >= 11 is 0. The fourth-order valence-electron chi connectivity index (χ4n) is 5.29. The number of aliphatic hydroxyl groups is 2. The first-order chi connectivity index (χ1) is 10.5. The van der Waals surface area contributed by atoms with Crippen molar-refractivity contribution in [3.8, 4) is 11.5 Å². The number of benzene rings is 1. The van der Waals surface area contributed by atoms with E-state index in [1.807, 2.05) is 6.07 Å². The quantitative estimate of drug-likeness (QED) is 0.509. The monoisotopic (exact) mass is 303 g/mol. The Morgan fingerprint density at radius 2 is 2.14 bits per heavy atom. The lowest BCUT2D eigenvalue weighted by atomic mass is 9.48. The van der Waals surface area contributed by atoms with E-state index in [9.17, 15) is 20.1 Å². The molecule has 1 aromatic rings. The molecule has 2 heterocycles. The Morgan fingerprint density at radius 1 is 1.32 bits per heavy atom. The molecule has 2 aliphatic carbocycles. The first-order valence-corrected chi connectivity index (χ1v) is 7.68. The zero-order valence-electron chi connectivity index (χ0n) is 11.9. The number of aromatic hydroxyl groups is 1. The third kappa shape index (κ3) is 1.09. The predicted molar refractivity (Wildman–Crippen MR) is 74.9 cm³/mol. The molecule has 2 bridgehead atoms. The number of carbonyl (C=O) groups is 1. The molecule has 1 spiro atoms. The maximum absolute atomic E-state index is 12.5. The van der Waals surface area contributed by atoms with Gasteiger partial charge in [0.1, 0.15) is 5.60 Å². The van der Waals surface area contributed by atoms with Gasteiger partial charge in [-0.05, 0) is 31.0 Å². The van der Waals surface area contributed by atoms with Gasteiger partial charge < -0.3 is 25.4 Å². The van der Waals surface area contributed by atoms with E-state index >= 15 is 0 Å². The van der Waals surface area contributed by atoms with E-state index in [-0.39, 0.29) is 24.0 Å². The summed E-state index contributed by atoms with van der Waals surface area (Å²) in [6.07, 6.45) is -1.03. The number of ketones is 1. The number of carbonyl (C=O) groups excluding carboxylic acids is 1. The van der Waals surface area contributed by atoms with Crippen LogP contribution in [0.5, 0.6) is 11.5 Å². The Labute approximate surface area is 126 Å². The average molecular weight is 303 g/mol. The zero-order valence-corrected chi connectivity index (χ0v) is 11.9. The number of nitrogens with one attached hydrogen (secondary N) is 1. The van der Waals surface area contributed by atoms with Crippen LogP contribution in [0.25, 0.3) is 0 Å². The minimum atomic E-state index is -1.45. The molecule has 1 aromatic carbocycles. The van der Waals surface area contributed by atoms with Crippen molar-refractivity contribution < 1.29 is 24.9 Å². The number of hydrogen-bond acceptors (Lipinski definition) is 6. The second kappa shape index (κ2) is 3.64. The van der Waals surface area contributed by atoms with Gasteiger partial charge in [0.2, 0.25) is 0 Å². The van der Waals surface area contributed by atoms with Gasteiger partial charge in [-0.15, -0.1) is 0 Å². The summed E-state index contributed by atoms with van der Waals surface area (Å²) in [4.78, 5) is 12.5. The molecule has 6 heteroatoms. The largest absolute Gasteiger partial charge is 0.504 e. The highest BCUT2D eigenvalue weighted by molar-refractivity contribution is 5.90. The normalized spacial score (nSPS) is 44.5. The van der Waals surface area contributed by atoms with Gasteiger partial charge in [0, 0.05) is 18.0 Å². The Kier molecular flexibility index (Phi) is 2.13. The molecular formula is C16H17NO5. The molecule has 0 aromatic heterocycles. The Hall–Kier alpha value is -1.63. The van der Waals surface area contributed by atoms with Crippen molar-refractivity contribution in [3.63, 3.8) is 0 Å². The molecule has 22 heavy (non-hydrogen) atoms. The Bertz CT molecular complexity index is 719. The number of piperidine rings is 1. The van der Waals surface area contributed by atoms with E-state index in [1.54, 1.807) is 6.07 Å². The number of hydrogen-bond donors (Lipinski definition) is 4. The minimum Gasteiger partial charge on any atom is -0.504 e. The summed E-state index contributed by atoms with van der Waals surface area (Å²) in [6.45, 7) is 0.640. The topological polar surface area (TPSA) is 99.0 Å². The van der Waals surface area contributed by atoms with Gasteiger partial charge in [-0.3, -0.25) is 4.79 Å². The van der Waals surface area contributed by atoms with E-state index in [1.165, 1.54) is 0 Å². The van der Waals surface area contributed by atoms with Gasteiger partial charge in [0.15, 0.2) is 23.4 Å². The number of rotatable bonds is 0. The number of phenols is 1. The molecule has 0 amide bonds. The highest BCUT2D eigenvalue weighted by Gasteiger charge is 2.74. The summed E-state index contributed by atoms with van der Waals surface area (Å²) in [5.41, 5.74) is -0.709. The number of ether oxygens (including phenoxy) is 1. The number of aliphatic hydroxyl groups excluding tert-OH is 1. The lowest BCUT2D eigenvalue weighted by molar-refractivity contribution is -0.206. The van der Waals surface area contributed by atoms with Gasteiger partial charge >= 0.3 is 0 Å². The molecule has 4 aliphatic rings. The van der Waals surface area contributed by atoms with Crippen molar-refractivity contribution >= 4 is 5.78 Å². The maximum Gasteiger partial charge on any atom is 0.177 e. The van der Waals surface area contributed by atoms with Gasteiger partial charge in [-0.1, -0.05) is 6.07 Å². The zero-order chi connectivity index (χ0) is 15.3. The first-order valence-electron chi connectivity index (χ1n) is 7.68. The molecule has 116 valence electrons. The van der Waals surface area contributed by atoms with Crippen LogP contribution in [-0.2, 0) is 16.6 Å². The van der Waals surface area contributed by atoms with E-state index < -0.39 is 23.2 Å². The molecule has 5 rings (SSSR count). The van der Waals surface area contributed by atoms with Gasteiger partial charge in [-0.25, -0.2) is 0 Å². The predicted octanol–water partition coefficient (Wildman–Crippen LogP) is -0.626. The van der Waals surface area contributed by atoms with Crippen LogP contribution in [-0.4, -0.2) is 51.5 Å². The second-order valence-corrected chi connectivity index (χ2v) is 6.89. The fraction of sp³-hybridized carbons (Fsp3) is 0.562. The standard InChI is InChI=1S/C16H17NO5/c18-8-2-1-7-5-10-16(21)11(20)6-9(19)14-15(16,3-4-17-10)12(7)13(8)22-14/h1-2,10-11,14,17-18,20-21H,3-6H2/t10-,11-,14?,15?,16+/m1/s1. The van der Waals surface area contributed by atoms with E-state index in [4.69, 9.17) is 4.74 Å². The average Bonchev–Trinajstić information content (AvgIpc) is 2.81. The second-order valence-electron chi connectivity index (χ2n) is 6.89. The van der Waals surface area contributed by atoms with Crippen LogP contribution in [0.2, 0.25) is 0 Å². The van der Waals surface area contributed by atoms with Gasteiger partial charge in [0.25, 0.3) is 0 Å². The molecule has 2 unspecified atom stereocenters. The molecular weight excluding hydrogens is 286 g/mol. The summed E-state index contributed by atoms with van der Waals surface area (Å²) in [5, 5.41) is 35.4. The maximum atomic E-state index is 12.5. The van der Waals surface area contributed by atoms with Crippen molar-refractivity contribution in [2.45, 2.75) is 48.5 Å². The third-order valence-electron chi connectivity index (χ3n) is 6.13. The summed E-state index contributed by atoms with van der Waals surface area (Å²) in [6, 6.07) is 3.08. The summed E-state index contributed by atoms with van der Waals surface area (Å²) in [5.74, 6) is 0.0918. The van der Waals surface area contributed by atoms with Crippen LogP contribution in [0.3, 0.4) is 0 Å². The van der Waals surface area contributed by atoms with Crippen molar-refractivity contribution in [2.24, 2.45) is 0 Å². The Morgan fingerprint density at radius 3 is 2.95 bits per heavy atom. The van der Waals surface area contributed by atoms with E-state index in [0.717, 1.165) is 11.1 Å².